The number of para-hydroxylation sites is 1. The smallest absolute Gasteiger partial charge is 0.220 e. The van der Waals surface area contributed by atoms with E-state index in [1.54, 1.807) is 0 Å². The number of halogens is 1. The third-order valence-electron chi connectivity index (χ3n) is 3.30. The molecule has 0 saturated heterocycles. The maximum Gasteiger partial charge on any atom is 0.220 e. The van der Waals surface area contributed by atoms with Gasteiger partial charge in [0.1, 0.15) is 5.75 Å². The van der Waals surface area contributed by atoms with Crippen LogP contribution in [-0.2, 0) is 17.8 Å². The standard InChI is InChI=1S/C18H20ClNO2/c1-2-22-17-6-4-3-5-15(17)13-20-18(21)12-9-14-7-10-16(19)11-8-14/h3-8,10-11H,2,9,12-13H2,1H3,(H,20,21). The molecule has 0 aliphatic heterocycles. The van der Waals surface area contributed by atoms with E-state index in [2.05, 4.69) is 5.32 Å². The van der Waals surface area contributed by atoms with Gasteiger partial charge in [-0.2, -0.15) is 0 Å². The molecule has 116 valence electrons. The fraction of sp³-hybridized carbons (Fsp3) is 0.278. The number of carbonyl (C=O) groups excluding carboxylic acids is 1. The highest BCUT2D eigenvalue weighted by Crippen LogP contribution is 2.17. The summed E-state index contributed by atoms with van der Waals surface area (Å²) in [5, 5.41) is 3.64. The minimum atomic E-state index is 0.0289. The van der Waals surface area contributed by atoms with E-state index in [0.29, 0.717) is 31.0 Å². The molecule has 3 nitrogen and oxygen atoms in total. The van der Waals surface area contributed by atoms with Crippen LogP contribution in [0.2, 0.25) is 5.02 Å². The van der Waals surface area contributed by atoms with E-state index >= 15 is 0 Å². The van der Waals surface area contributed by atoms with Crippen molar-refractivity contribution in [3.05, 3.63) is 64.7 Å². The Hall–Kier alpha value is -2.00. The van der Waals surface area contributed by atoms with E-state index in [1.165, 1.54) is 0 Å². The summed E-state index contributed by atoms with van der Waals surface area (Å²) in [6, 6.07) is 15.3. The Morgan fingerprint density at radius 2 is 1.86 bits per heavy atom. The van der Waals surface area contributed by atoms with Gasteiger partial charge in [0.2, 0.25) is 5.91 Å². The molecule has 4 heteroatoms. The molecule has 0 aromatic heterocycles. The molecule has 0 heterocycles. The Bertz CT molecular complexity index is 611. The summed E-state index contributed by atoms with van der Waals surface area (Å²) in [5.74, 6) is 0.851. The summed E-state index contributed by atoms with van der Waals surface area (Å²) < 4.78 is 5.55. The van der Waals surface area contributed by atoms with Crippen LogP contribution in [-0.4, -0.2) is 12.5 Å². The highest BCUT2D eigenvalue weighted by atomic mass is 35.5. The third-order valence-corrected chi connectivity index (χ3v) is 3.55. The van der Waals surface area contributed by atoms with Gasteiger partial charge in [0.15, 0.2) is 0 Å². The maximum absolute atomic E-state index is 11.9. The number of benzene rings is 2. The molecule has 0 atom stereocenters. The average molecular weight is 318 g/mol. The van der Waals surface area contributed by atoms with Gasteiger partial charge in [0, 0.05) is 23.6 Å². The van der Waals surface area contributed by atoms with Crippen LogP contribution >= 0.6 is 11.6 Å². The van der Waals surface area contributed by atoms with Gasteiger partial charge < -0.3 is 10.1 Å². The fourth-order valence-corrected chi connectivity index (χ4v) is 2.26. The van der Waals surface area contributed by atoms with Crippen LogP contribution < -0.4 is 10.1 Å². The SMILES string of the molecule is CCOc1ccccc1CNC(=O)CCc1ccc(Cl)cc1. The molecule has 0 radical (unpaired) electrons. The predicted octanol–water partition coefficient (Wildman–Crippen LogP) is 3.99. The first-order valence-electron chi connectivity index (χ1n) is 7.41. The molecule has 0 aliphatic rings. The second kappa shape index (κ2) is 8.44. The minimum absolute atomic E-state index is 0.0289. The first kappa shape index (κ1) is 16.4. The van der Waals surface area contributed by atoms with Crippen molar-refractivity contribution in [2.24, 2.45) is 0 Å². The van der Waals surface area contributed by atoms with Crippen molar-refractivity contribution < 1.29 is 9.53 Å². The number of aryl methyl sites for hydroxylation is 1. The summed E-state index contributed by atoms with van der Waals surface area (Å²) in [7, 11) is 0. The summed E-state index contributed by atoms with van der Waals surface area (Å²) in [6.07, 6.45) is 1.16. The largest absolute Gasteiger partial charge is 0.494 e. The number of nitrogens with one attached hydrogen (secondary N) is 1. The highest BCUT2D eigenvalue weighted by molar-refractivity contribution is 6.30. The Morgan fingerprint density at radius 1 is 1.14 bits per heavy atom. The molecule has 1 amide bonds. The number of carbonyl (C=O) groups is 1. The molecular formula is C18H20ClNO2. The van der Waals surface area contributed by atoms with Crippen molar-refractivity contribution in [2.45, 2.75) is 26.3 Å². The van der Waals surface area contributed by atoms with Crippen molar-refractivity contribution in [3.8, 4) is 5.75 Å². The van der Waals surface area contributed by atoms with E-state index in [1.807, 2.05) is 55.5 Å². The number of hydrogen-bond acceptors (Lipinski definition) is 2. The molecule has 0 saturated carbocycles. The maximum atomic E-state index is 11.9. The van der Waals surface area contributed by atoms with Gasteiger partial charge in [-0.3, -0.25) is 4.79 Å². The molecule has 1 N–H and O–H groups in total. The molecular weight excluding hydrogens is 298 g/mol. The minimum Gasteiger partial charge on any atom is -0.494 e. The topological polar surface area (TPSA) is 38.3 Å². The molecule has 2 rings (SSSR count). The van der Waals surface area contributed by atoms with E-state index in [4.69, 9.17) is 16.3 Å². The summed E-state index contributed by atoms with van der Waals surface area (Å²) >= 11 is 5.84. The van der Waals surface area contributed by atoms with E-state index in [0.717, 1.165) is 16.9 Å². The zero-order chi connectivity index (χ0) is 15.8. The van der Waals surface area contributed by atoms with Gasteiger partial charge in [-0.1, -0.05) is 41.9 Å². The number of rotatable bonds is 7. The molecule has 0 unspecified atom stereocenters. The predicted molar refractivity (Wildman–Crippen MR) is 89.2 cm³/mol. The number of ether oxygens (including phenoxy) is 1. The normalized spacial score (nSPS) is 10.3. The summed E-state index contributed by atoms with van der Waals surface area (Å²) in [6.45, 7) is 3.04. The van der Waals surface area contributed by atoms with Gasteiger partial charge in [-0.05, 0) is 37.1 Å². The Kier molecular flexibility index (Phi) is 6.28. The monoisotopic (exact) mass is 317 g/mol. The van der Waals surface area contributed by atoms with Crippen LogP contribution in [0.15, 0.2) is 48.5 Å². The molecule has 0 bridgehead atoms. The Morgan fingerprint density at radius 3 is 2.59 bits per heavy atom. The van der Waals surface area contributed by atoms with E-state index in [-0.39, 0.29) is 5.91 Å². The van der Waals surface area contributed by atoms with Gasteiger partial charge in [-0.25, -0.2) is 0 Å². The number of hydrogen-bond donors (Lipinski definition) is 1. The average Bonchev–Trinajstić information content (AvgIpc) is 2.54. The molecule has 22 heavy (non-hydrogen) atoms. The Balaban J connectivity index is 1.81. The quantitative estimate of drug-likeness (QED) is 0.838. The van der Waals surface area contributed by atoms with Gasteiger partial charge >= 0.3 is 0 Å². The van der Waals surface area contributed by atoms with Crippen molar-refractivity contribution in [1.82, 2.24) is 5.32 Å². The summed E-state index contributed by atoms with van der Waals surface area (Å²) in [5.41, 5.74) is 2.10. The van der Waals surface area contributed by atoms with Crippen molar-refractivity contribution in [1.29, 1.82) is 0 Å². The van der Waals surface area contributed by atoms with E-state index < -0.39 is 0 Å². The Labute approximate surface area is 136 Å². The van der Waals surface area contributed by atoms with Gasteiger partial charge in [0.25, 0.3) is 0 Å². The molecule has 0 fully saturated rings. The lowest BCUT2D eigenvalue weighted by Crippen LogP contribution is -2.23. The van der Waals surface area contributed by atoms with Crippen molar-refractivity contribution in [3.63, 3.8) is 0 Å². The fourth-order valence-electron chi connectivity index (χ4n) is 2.14. The second-order valence-corrected chi connectivity index (χ2v) is 5.38. The zero-order valence-electron chi connectivity index (χ0n) is 12.6. The lowest BCUT2D eigenvalue weighted by molar-refractivity contribution is -0.121. The highest BCUT2D eigenvalue weighted by Gasteiger charge is 2.06. The van der Waals surface area contributed by atoms with Crippen LogP contribution in [0.3, 0.4) is 0 Å². The van der Waals surface area contributed by atoms with Gasteiger partial charge in [0.05, 0.1) is 6.61 Å². The van der Waals surface area contributed by atoms with Crippen LogP contribution in [0.5, 0.6) is 5.75 Å². The molecule has 0 spiro atoms. The number of amides is 1. The van der Waals surface area contributed by atoms with Crippen LogP contribution in [0, 0.1) is 0 Å². The van der Waals surface area contributed by atoms with Crippen LogP contribution in [0.1, 0.15) is 24.5 Å². The molecule has 0 aliphatic carbocycles. The zero-order valence-corrected chi connectivity index (χ0v) is 13.4. The first-order chi connectivity index (χ1) is 10.7. The molecule has 2 aromatic rings. The van der Waals surface area contributed by atoms with Crippen LogP contribution in [0.25, 0.3) is 0 Å². The summed E-state index contributed by atoms with van der Waals surface area (Å²) in [4.78, 5) is 11.9. The van der Waals surface area contributed by atoms with Crippen molar-refractivity contribution >= 4 is 17.5 Å². The lowest BCUT2D eigenvalue weighted by Gasteiger charge is -2.11. The van der Waals surface area contributed by atoms with Crippen LogP contribution in [0.4, 0.5) is 0 Å². The van der Waals surface area contributed by atoms with Gasteiger partial charge in [-0.15, -0.1) is 0 Å². The third kappa shape index (κ3) is 5.08. The van der Waals surface area contributed by atoms with E-state index in [9.17, 15) is 4.79 Å². The first-order valence-corrected chi connectivity index (χ1v) is 7.78. The van der Waals surface area contributed by atoms with Crippen molar-refractivity contribution in [2.75, 3.05) is 6.61 Å². The lowest BCUT2D eigenvalue weighted by atomic mass is 10.1. The molecule has 2 aromatic carbocycles. The second-order valence-electron chi connectivity index (χ2n) is 4.94.